The minimum Gasteiger partial charge on any atom is -0.316 e. The van der Waals surface area contributed by atoms with Crippen LogP contribution in [0.2, 0.25) is 0 Å². The highest BCUT2D eigenvalue weighted by Crippen LogP contribution is 2.18. The van der Waals surface area contributed by atoms with E-state index < -0.39 is 23.2 Å². The van der Waals surface area contributed by atoms with Crippen molar-refractivity contribution in [3.05, 3.63) is 47.3 Å². The fourth-order valence-corrected chi connectivity index (χ4v) is 1.62. The van der Waals surface area contributed by atoms with Crippen LogP contribution in [0.5, 0.6) is 0 Å². The first-order valence-corrected chi connectivity index (χ1v) is 5.25. The number of aromatic nitrogens is 2. The molecule has 0 spiro atoms. The van der Waals surface area contributed by atoms with Gasteiger partial charge in [-0.25, -0.2) is 8.78 Å². The van der Waals surface area contributed by atoms with Gasteiger partial charge in [0.15, 0.2) is 0 Å². The molecule has 0 atom stereocenters. The third-order valence-corrected chi connectivity index (χ3v) is 2.44. The normalized spacial score (nSPS) is 10.4. The van der Waals surface area contributed by atoms with Gasteiger partial charge >= 0.3 is 0 Å². The number of amides is 1. The Kier molecular flexibility index (Phi) is 3.10. The van der Waals surface area contributed by atoms with Crippen LogP contribution in [0.25, 0.3) is 0 Å². The lowest BCUT2D eigenvalue weighted by Gasteiger charge is -2.07. The smallest absolute Gasteiger partial charge is 0.274 e. The number of nitrogens with zero attached hydrogens (tertiary/aromatic N) is 2. The van der Waals surface area contributed by atoms with Gasteiger partial charge in [-0.3, -0.25) is 9.48 Å². The number of hydrogen-bond acceptors (Lipinski definition) is 2. The molecule has 0 saturated heterocycles. The molecule has 0 radical (unpaired) electrons. The average Bonchev–Trinajstić information content (AvgIpc) is 2.63. The topological polar surface area (TPSA) is 46.9 Å². The standard InChI is InChI=1S/C12H11F2N3O/c1-7-6-10(17(2)16-7)12(18)15-11-8(13)4-3-5-9(11)14/h3-6H,1-2H3,(H,15,18). The minimum absolute atomic E-state index is 0.232. The Hall–Kier alpha value is -2.24. The third kappa shape index (κ3) is 2.22. The Labute approximate surface area is 102 Å². The fraction of sp³-hybridized carbons (Fsp3) is 0.167. The number of halogens is 2. The van der Waals surface area contributed by atoms with E-state index in [0.29, 0.717) is 5.69 Å². The SMILES string of the molecule is Cc1cc(C(=O)Nc2c(F)cccc2F)n(C)n1. The second-order valence-corrected chi connectivity index (χ2v) is 3.85. The molecule has 0 aliphatic heterocycles. The van der Waals surface area contributed by atoms with Crippen molar-refractivity contribution in [2.45, 2.75) is 6.92 Å². The average molecular weight is 251 g/mol. The van der Waals surface area contributed by atoms with Gasteiger partial charge in [-0.2, -0.15) is 5.10 Å². The molecular formula is C12H11F2N3O. The Morgan fingerprint density at radius 2 is 1.94 bits per heavy atom. The maximum atomic E-state index is 13.4. The van der Waals surface area contributed by atoms with Crippen molar-refractivity contribution in [2.75, 3.05) is 5.32 Å². The third-order valence-electron chi connectivity index (χ3n) is 2.44. The summed E-state index contributed by atoms with van der Waals surface area (Å²) in [5, 5.41) is 6.19. The van der Waals surface area contributed by atoms with Gasteiger partial charge in [0.1, 0.15) is 23.0 Å². The highest BCUT2D eigenvalue weighted by molar-refractivity contribution is 6.03. The van der Waals surface area contributed by atoms with Crippen molar-refractivity contribution in [3.8, 4) is 0 Å². The van der Waals surface area contributed by atoms with E-state index >= 15 is 0 Å². The maximum Gasteiger partial charge on any atom is 0.274 e. The van der Waals surface area contributed by atoms with Gasteiger partial charge in [-0.05, 0) is 25.1 Å². The molecule has 94 valence electrons. The zero-order valence-electron chi connectivity index (χ0n) is 9.87. The van der Waals surface area contributed by atoms with E-state index in [9.17, 15) is 13.6 Å². The number of carbonyl (C=O) groups excluding carboxylic acids is 1. The first kappa shape index (κ1) is 12.2. The van der Waals surface area contributed by atoms with Crippen LogP contribution >= 0.6 is 0 Å². The van der Waals surface area contributed by atoms with Gasteiger partial charge in [0, 0.05) is 7.05 Å². The molecular weight excluding hydrogens is 240 g/mol. The second kappa shape index (κ2) is 4.56. The molecule has 18 heavy (non-hydrogen) atoms. The molecule has 1 N–H and O–H groups in total. The number of benzene rings is 1. The van der Waals surface area contributed by atoms with Crippen LogP contribution in [-0.4, -0.2) is 15.7 Å². The number of para-hydroxylation sites is 1. The summed E-state index contributed by atoms with van der Waals surface area (Å²) in [4.78, 5) is 11.8. The van der Waals surface area contributed by atoms with Crippen molar-refractivity contribution in [2.24, 2.45) is 7.05 Å². The lowest BCUT2D eigenvalue weighted by atomic mass is 10.2. The van der Waals surface area contributed by atoms with E-state index in [-0.39, 0.29) is 5.69 Å². The van der Waals surface area contributed by atoms with E-state index in [4.69, 9.17) is 0 Å². The number of anilines is 1. The van der Waals surface area contributed by atoms with Crippen LogP contribution in [0.1, 0.15) is 16.2 Å². The fourth-order valence-electron chi connectivity index (χ4n) is 1.62. The quantitative estimate of drug-likeness (QED) is 0.889. The summed E-state index contributed by atoms with van der Waals surface area (Å²) in [6, 6.07) is 4.92. The molecule has 0 unspecified atom stereocenters. The van der Waals surface area contributed by atoms with E-state index in [0.717, 1.165) is 12.1 Å². The zero-order valence-corrected chi connectivity index (χ0v) is 9.87. The number of carbonyl (C=O) groups is 1. The predicted molar refractivity (Wildman–Crippen MR) is 62.3 cm³/mol. The molecule has 2 aromatic rings. The van der Waals surface area contributed by atoms with Crippen LogP contribution in [0, 0.1) is 18.6 Å². The summed E-state index contributed by atoms with van der Waals surface area (Å²) in [6.07, 6.45) is 0. The Balaban J connectivity index is 2.30. The van der Waals surface area contributed by atoms with E-state index in [2.05, 4.69) is 10.4 Å². The van der Waals surface area contributed by atoms with Crippen molar-refractivity contribution in [1.29, 1.82) is 0 Å². The molecule has 1 aromatic carbocycles. The zero-order chi connectivity index (χ0) is 13.3. The van der Waals surface area contributed by atoms with Crippen LogP contribution in [0.15, 0.2) is 24.3 Å². The number of aryl methyl sites for hydroxylation is 2. The van der Waals surface area contributed by atoms with Gasteiger partial charge in [0.2, 0.25) is 0 Å². The summed E-state index contributed by atoms with van der Waals surface area (Å²) in [7, 11) is 1.58. The van der Waals surface area contributed by atoms with Gasteiger partial charge in [0.25, 0.3) is 5.91 Å². The van der Waals surface area contributed by atoms with Crippen molar-refractivity contribution < 1.29 is 13.6 Å². The Bertz CT molecular complexity index is 587. The highest BCUT2D eigenvalue weighted by Gasteiger charge is 2.16. The molecule has 0 bridgehead atoms. The van der Waals surface area contributed by atoms with Crippen molar-refractivity contribution in [1.82, 2.24) is 9.78 Å². The van der Waals surface area contributed by atoms with E-state index in [1.807, 2.05) is 0 Å². The molecule has 1 aromatic heterocycles. The lowest BCUT2D eigenvalue weighted by molar-refractivity contribution is 0.101. The van der Waals surface area contributed by atoms with Crippen LogP contribution in [0.3, 0.4) is 0 Å². The largest absolute Gasteiger partial charge is 0.316 e. The Morgan fingerprint density at radius 1 is 1.33 bits per heavy atom. The molecule has 0 fully saturated rings. The van der Waals surface area contributed by atoms with Crippen molar-refractivity contribution >= 4 is 11.6 Å². The summed E-state index contributed by atoms with van der Waals surface area (Å²) in [5.41, 5.74) is 0.424. The van der Waals surface area contributed by atoms with Gasteiger partial charge < -0.3 is 5.32 Å². The summed E-state index contributed by atoms with van der Waals surface area (Å²) < 4.78 is 28.1. The molecule has 0 saturated carbocycles. The molecule has 4 nitrogen and oxygen atoms in total. The van der Waals surface area contributed by atoms with E-state index in [1.165, 1.54) is 16.8 Å². The van der Waals surface area contributed by atoms with Crippen LogP contribution in [0.4, 0.5) is 14.5 Å². The summed E-state index contributed by atoms with van der Waals surface area (Å²) in [5.74, 6) is -2.24. The first-order chi connectivity index (χ1) is 8.49. The molecule has 1 heterocycles. The monoisotopic (exact) mass is 251 g/mol. The predicted octanol–water partition coefficient (Wildman–Crippen LogP) is 2.26. The van der Waals surface area contributed by atoms with Gasteiger partial charge in [-0.1, -0.05) is 6.07 Å². The van der Waals surface area contributed by atoms with E-state index in [1.54, 1.807) is 14.0 Å². The Morgan fingerprint density at radius 3 is 2.44 bits per heavy atom. The van der Waals surface area contributed by atoms with Crippen molar-refractivity contribution in [3.63, 3.8) is 0 Å². The molecule has 2 rings (SSSR count). The molecule has 0 aliphatic carbocycles. The molecule has 0 aliphatic rings. The number of nitrogens with one attached hydrogen (secondary N) is 1. The van der Waals surface area contributed by atoms with Crippen LogP contribution < -0.4 is 5.32 Å². The number of hydrogen-bond donors (Lipinski definition) is 1. The summed E-state index contributed by atoms with van der Waals surface area (Å²) in [6.45, 7) is 1.72. The van der Waals surface area contributed by atoms with Crippen LogP contribution in [-0.2, 0) is 7.05 Å². The minimum atomic E-state index is -0.817. The lowest BCUT2D eigenvalue weighted by Crippen LogP contribution is -2.17. The molecule has 1 amide bonds. The second-order valence-electron chi connectivity index (χ2n) is 3.85. The maximum absolute atomic E-state index is 13.4. The summed E-state index contributed by atoms with van der Waals surface area (Å²) >= 11 is 0. The first-order valence-electron chi connectivity index (χ1n) is 5.25. The molecule has 6 heteroatoms. The highest BCUT2D eigenvalue weighted by atomic mass is 19.1. The van der Waals surface area contributed by atoms with Gasteiger partial charge in [0.05, 0.1) is 5.69 Å². The van der Waals surface area contributed by atoms with Gasteiger partial charge in [-0.15, -0.1) is 0 Å². The number of rotatable bonds is 2.